The fourth-order valence-electron chi connectivity index (χ4n) is 1.71. The van der Waals surface area contributed by atoms with E-state index in [1.165, 1.54) is 18.2 Å². The van der Waals surface area contributed by atoms with Crippen molar-refractivity contribution in [3.05, 3.63) is 35.0 Å². The van der Waals surface area contributed by atoms with E-state index in [2.05, 4.69) is 14.9 Å². The van der Waals surface area contributed by atoms with Crippen molar-refractivity contribution in [2.75, 3.05) is 10.5 Å². The number of nitrogens with two attached hydrogens (primary N) is 1. The number of rotatable bonds is 3. The van der Waals surface area contributed by atoms with Crippen molar-refractivity contribution in [2.24, 2.45) is 0 Å². The van der Waals surface area contributed by atoms with Crippen LogP contribution in [0.3, 0.4) is 0 Å². The molecule has 0 spiro atoms. The van der Waals surface area contributed by atoms with Crippen LogP contribution in [0.25, 0.3) is 0 Å². The van der Waals surface area contributed by atoms with Crippen LogP contribution in [-0.2, 0) is 15.4 Å². The summed E-state index contributed by atoms with van der Waals surface area (Å²) in [5.74, 6) is 0.217. The Hall–Kier alpha value is -1.73. The summed E-state index contributed by atoms with van der Waals surface area (Å²) in [7, 11) is -3.81. The first-order valence-electron chi connectivity index (χ1n) is 6.23. The minimum absolute atomic E-state index is 0.0350. The van der Waals surface area contributed by atoms with E-state index in [1.807, 2.05) is 20.8 Å². The van der Waals surface area contributed by atoms with Gasteiger partial charge in [-0.3, -0.25) is 9.82 Å². The third kappa shape index (κ3) is 3.48. The second kappa shape index (κ2) is 5.23. The molecule has 1 aromatic heterocycles. The van der Waals surface area contributed by atoms with Crippen LogP contribution in [0, 0.1) is 0 Å². The second-order valence-corrected chi connectivity index (χ2v) is 7.79. The van der Waals surface area contributed by atoms with Crippen molar-refractivity contribution in [3.8, 4) is 0 Å². The van der Waals surface area contributed by atoms with Crippen LogP contribution in [0.1, 0.15) is 26.5 Å². The maximum Gasteiger partial charge on any atom is 0.265 e. The molecule has 0 amide bonds. The molecule has 0 saturated heterocycles. The lowest BCUT2D eigenvalue weighted by Gasteiger charge is -2.14. The minimum atomic E-state index is -3.81. The zero-order valence-electron chi connectivity index (χ0n) is 11.9. The highest BCUT2D eigenvalue weighted by Crippen LogP contribution is 2.26. The lowest BCUT2D eigenvalue weighted by molar-refractivity contribution is 0.567. The molecule has 114 valence electrons. The monoisotopic (exact) mass is 328 g/mol. The van der Waals surface area contributed by atoms with Gasteiger partial charge in [-0.1, -0.05) is 32.4 Å². The number of hydrogen-bond donors (Lipinski definition) is 3. The number of nitrogens with one attached hydrogen (secondary N) is 2. The van der Waals surface area contributed by atoms with Crippen LogP contribution < -0.4 is 10.5 Å². The molecule has 0 fully saturated rings. The maximum atomic E-state index is 12.3. The fraction of sp³-hybridized carbons (Fsp3) is 0.308. The van der Waals surface area contributed by atoms with Gasteiger partial charge in [0, 0.05) is 22.2 Å². The topological polar surface area (TPSA) is 101 Å². The summed E-state index contributed by atoms with van der Waals surface area (Å²) in [6, 6.07) is 5.87. The van der Waals surface area contributed by atoms with Crippen molar-refractivity contribution in [2.45, 2.75) is 31.1 Å². The van der Waals surface area contributed by atoms with Crippen molar-refractivity contribution in [3.63, 3.8) is 0 Å². The molecule has 0 unspecified atom stereocenters. The standard InChI is InChI=1S/C13H17ClN4O2S/c1-13(2,3)11-7-12(17-16-11)18-21(19,20)10-5-4-8(14)6-9(10)15/h4-7H,15H2,1-3H3,(H2,16,17,18). The Kier molecular flexibility index (Phi) is 3.90. The maximum absolute atomic E-state index is 12.3. The minimum Gasteiger partial charge on any atom is -0.398 e. The molecule has 0 atom stereocenters. The first kappa shape index (κ1) is 15.7. The third-order valence-corrected chi connectivity index (χ3v) is 4.55. The molecule has 0 saturated carbocycles. The molecule has 6 nitrogen and oxygen atoms in total. The average molecular weight is 329 g/mol. The third-order valence-electron chi connectivity index (χ3n) is 2.89. The van der Waals surface area contributed by atoms with E-state index in [0.29, 0.717) is 5.02 Å². The van der Waals surface area contributed by atoms with Crippen LogP contribution in [0.15, 0.2) is 29.2 Å². The van der Waals surface area contributed by atoms with Crippen LogP contribution in [0.2, 0.25) is 5.02 Å². The Morgan fingerprint density at radius 3 is 2.48 bits per heavy atom. The van der Waals surface area contributed by atoms with Gasteiger partial charge in [0.2, 0.25) is 0 Å². The quantitative estimate of drug-likeness (QED) is 0.754. The normalized spacial score (nSPS) is 12.4. The summed E-state index contributed by atoms with van der Waals surface area (Å²) in [6.45, 7) is 5.99. The number of aromatic amines is 1. The smallest absolute Gasteiger partial charge is 0.265 e. The lowest BCUT2D eigenvalue weighted by Crippen LogP contribution is -2.15. The number of aromatic nitrogens is 2. The second-order valence-electron chi connectivity index (χ2n) is 5.70. The van der Waals surface area contributed by atoms with Gasteiger partial charge in [-0.15, -0.1) is 0 Å². The molecule has 4 N–H and O–H groups in total. The summed E-state index contributed by atoms with van der Waals surface area (Å²) < 4.78 is 27.0. The van der Waals surface area contributed by atoms with E-state index in [1.54, 1.807) is 6.07 Å². The molecule has 0 aliphatic carbocycles. The highest BCUT2D eigenvalue weighted by molar-refractivity contribution is 7.92. The van der Waals surface area contributed by atoms with Gasteiger partial charge in [-0.05, 0) is 18.2 Å². The Morgan fingerprint density at radius 1 is 1.29 bits per heavy atom. The zero-order chi connectivity index (χ0) is 15.8. The van der Waals surface area contributed by atoms with E-state index >= 15 is 0 Å². The van der Waals surface area contributed by atoms with Gasteiger partial charge < -0.3 is 5.73 Å². The summed E-state index contributed by atoms with van der Waals surface area (Å²) >= 11 is 5.77. The number of H-pyrrole nitrogens is 1. The Balaban J connectivity index is 2.31. The molecular weight excluding hydrogens is 312 g/mol. The van der Waals surface area contributed by atoms with E-state index in [-0.39, 0.29) is 21.8 Å². The summed E-state index contributed by atoms with van der Waals surface area (Å²) in [5.41, 5.74) is 6.46. The first-order valence-corrected chi connectivity index (χ1v) is 8.09. The van der Waals surface area contributed by atoms with Gasteiger partial charge in [0.05, 0.1) is 5.69 Å². The largest absolute Gasteiger partial charge is 0.398 e. The van der Waals surface area contributed by atoms with E-state index in [4.69, 9.17) is 17.3 Å². The Bertz CT molecular complexity index is 763. The van der Waals surface area contributed by atoms with Gasteiger partial charge in [0.15, 0.2) is 5.82 Å². The lowest BCUT2D eigenvalue weighted by atomic mass is 9.92. The van der Waals surface area contributed by atoms with Crippen molar-refractivity contribution >= 4 is 33.1 Å². The van der Waals surface area contributed by atoms with Gasteiger partial charge in [0.25, 0.3) is 10.0 Å². The molecule has 0 bridgehead atoms. The fourth-order valence-corrected chi connectivity index (χ4v) is 3.00. The molecule has 0 aliphatic heterocycles. The van der Waals surface area contributed by atoms with Crippen LogP contribution in [0.4, 0.5) is 11.5 Å². The molecule has 2 aromatic rings. The number of hydrogen-bond acceptors (Lipinski definition) is 4. The molecule has 2 rings (SSSR count). The predicted molar refractivity (Wildman–Crippen MR) is 84.0 cm³/mol. The average Bonchev–Trinajstić information content (AvgIpc) is 2.75. The SMILES string of the molecule is CC(C)(C)c1cc(NS(=O)(=O)c2ccc(Cl)cc2N)n[nH]1. The van der Waals surface area contributed by atoms with Crippen molar-refractivity contribution in [1.82, 2.24) is 10.2 Å². The summed E-state index contributed by atoms with van der Waals surface area (Å²) in [4.78, 5) is -0.0350. The highest BCUT2D eigenvalue weighted by Gasteiger charge is 2.21. The van der Waals surface area contributed by atoms with Crippen LogP contribution in [0.5, 0.6) is 0 Å². The molecular formula is C13H17ClN4O2S. The Labute approximate surface area is 128 Å². The first-order chi connectivity index (χ1) is 9.59. The number of sulfonamides is 1. The zero-order valence-corrected chi connectivity index (χ0v) is 13.5. The molecule has 1 aromatic carbocycles. The van der Waals surface area contributed by atoms with Gasteiger partial charge in [-0.25, -0.2) is 8.42 Å². The summed E-state index contributed by atoms with van der Waals surface area (Å²) in [5, 5.41) is 7.15. The molecule has 8 heteroatoms. The van der Waals surface area contributed by atoms with Crippen LogP contribution >= 0.6 is 11.6 Å². The molecule has 21 heavy (non-hydrogen) atoms. The molecule has 0 radical (unpaired) electrons. The molecule has 0 aliphatic rings. The predicted octanol–water partition coefficient (Wildman–Crippen LogP) is 2.74. The highest BCUT2D eigenvalue weighted by atomic mass is 35.5. The van der Waals surface area contributed by atoms with Crippen molar-refractivity contribution < 1.29 is 8.42 Å². The van der Waals surface area contributed by atoms with Gasteiger partial charge >= 0.3 is 0 Å². The number of nitrogen functional groups attached to an aromatic ring is 1. The van der Waals surface area contributed by atoms with Crippen LogP contribution in [-0.4, -0.2) is 18.6 Å². The summed E-state index contributed by atoms with van der Waals surface area (Å²) in [6.07, 6.45) is 0. The van der Waals surface area contributed by atoms with E-state index in [9.17, 15) is 8.42 Å². The molecule has 1 heterocycles. The van der Waals surface area contributed by atoms with Gasteiger partial charge in [-0.2, -0.15) is 5.10 Å². The van der Waals surface area contributed by atoms with Gasteiger partial charge in [0.1, 0.15) is 4.90 Å². The van der Waals surface area contributed by atoms with E-state index in [0.717, 1.165) is 5.69 Å². The Morgan fingerprint density at radius 2 is 1.95 bits per heavy atom. The van der Waals surface area contributed by atoms with Crippen molar-refractivity contribution in [1.29, 1.82) is 0 Å². The number of benzene rings is 1. The number of anilines is 2. The number of halogens is 1. The van der Waals surface area contributed by atoms with E-state index < -0.39 is 10.0 Å². The number of nitrogens with zero attached hydrogens (tertiary/aromatic N) is 1.